The average Bonchev–Trinajstić information content (AvgIpc) is 2.57. The molecular formula is C15H14BN5O3. The molecule has 0 aliphatic rings. The molecule has 0 saturated heterocycles. The number of anilines is 1. The van der Waals surface area contributed by atoms with E-state index in [0.29, 0.717) is 22.6 Å². The molecule has 2 aromatic carbocycles. The summed E-state index contributed by atoms with van der Waals surface area (Å²) in [5.74, 6) is 0.691. The van der Waals surface area contributed by atoms with Gasteiger partial charge >= 0.3 is 7.12 Å². The monoisotopic (exact) mass is 323 g/mol. The Kier molecular flexibility index (Phi) is 5.51. The Morgan fingerprint density at radius 2 is 1.67 bits per heavy atom. The van der Waals surface area contributed by atoms with Crippen molar-refractivity contribution in [3.8, 4) is 17.6 Å². The first kappa shape index (κ1) is 17.0. The molecule has 2 aromatic rings. The molecule has 0 heterocycles. The van der Waals surface area contributed by atoms with Crippen LogP contribution in [0.25, 0.3) is 0 Å². The first-order valence-corrected chi connectivity index (χ1v) is 6.82. The number of nitrogens with two attached hydrogens (primary N) is 1. The summed E-state index contributed by atoms with van der Waals surface area (Å²) in [5.41, 5.74) is 8.57. The zero-order chi connectivity index (χ0) is 17.5. The van der Waals surface area contributed by atoms with Crippen molar-refractivity contribution in [3.05, 3.63) is 48.5 Å². The Labute approximate surface area is 138 Å². The summed E-state index contributed by atoms with van der Waals surface area (Å²) in [5, 5.41) is 37.7. The van der Waals surface area contributed by atoms with Crippen LogP contribution in [0.5, 0.6) is 11.5 Å². The number of benzene rings is 2. The third-order valence-electron chi connectivity index (χ3n) is 2.93. The third-order valence-corrected chi connectivity index (χ3v) is 2.93. The number of hydrogen-bond acceptors (Lipinski definition) is 7. The molecule has 120 valence electrons. The average molecular weight is 323 g/mol. The molecule has 0 amide bonds. The fraction of sp³-hybridized carbons (Fsp3) is 0. The van der Waals surface area contributed by atoms with Crippen molar-refractivity contribution in [2.45, 2.75) is 0 Å². The molecule has 24 heavy (non-hydrogen) atoms. The zero-order valence-electron chi connectivity index (χ0n) is 12.5. The normalized spacial score (nSPS) is 10.6. The summed E-state index contributed by atoms with van der Waals surface area (Å²) in [7, 11) is -1.52. The number of amidine groups is 1. The van der Waals surface area contributed by atoms with E-state index in [1.807, 2.05) is 0 Å². The Bertz CT molecular complexity index is 782. The smallest absolute Gasteiger partial charge is 0.457 e. The first-order chi connectivity index (χ1) is 11.5. The summed E-state index contributed by atoms with van der Waals surface area (Å²) >= 11 is 0. The van der Waals surface area contributed by atoms with Crippen LogP contribution in [-0.4, -0.2) is 28.7 Å². The molecule has 9 heteroatoms. The topological polar surface area (TPSA) is 148 Å². The van der Waals surface area contributed by atoms with Crippen LogP contribution in [0.4, 0.5) is 5.69 Å². The second kappa shape index (κ2) is 7.78. The predicted octanol–water partition coefficient (Wildman–Crippen LogP) is 0.386. The van der Waals surface area contributed by atoms with E-state index >= 15 is 0 Å². The van der Waals surface area contributed by atoms with Gasteiger partial charge in [0.05, 0.1) is 5.69 Å². The molecule has 2 rings (SSSR count). The van der Waals surface area contributed by atoms with E-state index in [1.165, 1.54) is 0 Å². The molecule has 8 nitrogen and oxygen atoms in total. The molecule has 0 atom stereocenters. The molecule has 0 radical (unpaired) electrons. The van der Waals surface area contributed by atoms with Gasteiger partial charge in [-0.2, -0.15) is 10.4 Å². The molecule has 0 fully saturated rings. The van der Waals surface area contributed by atoms with E-state index in [0.717, 1.165) is 0 Å². The van der Waals surface area contributed by atoms with Crippen LogP contribution in [0.2, 0.25) is 0 Å². The van der Waals surface area contributed by atoms with Gasteiger partial charge < -0.3 is 20.5 Å². The molecule has 6 N–H and O–H groups in total. The van der Waals surface area contributed by atoms with Gasteiger partial charge in [-0.3, -0.25) is 10.8 Å². The highest BCUT2D eigenvalue weighted by atomic mass is 16.5. The van der Waals surface area contributed by atoms with Crippen LogP contribution < -0.4 is 21.4 Å². The standard InChI is InChI=1S/C15H14BN5O3/c17-9-14(15(18)19)21-20-11-3-7-13(8-4-11)24-12-5-1-10(2-6-12)16(22)23/h1-8,20,22-23H,(H3,18,19)/b21-14+. The minimum Gasteiger partial charge on any atom is -0.457 e. The van der Waals surface area contributed by atoms with Gasteiger partial charge in [0.1, 0.15) is 17.6 Å². The van der Waals surface area contributed by atoms with E-state index in [9.17, 15) is 0 Å². The summed E-state index contributed by atoms with van der Waals surface area (Å²) < 4.78 is 5.62. The highest BCUT2D eigenvalue weighted by Crippen LogP contribution is 2.22. The van der Waals surface area contributed by atoms with Gasteiger partial charge in [-0.15, -0.1) is 0 Å². The van der Waals surface area contributed by atoms with Gasteiger partial charge in [-0.25, -0.2) is 0 Å². The van der Waals surface area contributed by atoms with E-state index < -0.39 is 13.0 Å². The fourth-order valence-corrected chi connectivity index (χ4v) is 1.71. The SMILES string of the molecule is N#C/C(=N\Nc1ccc(Oc2ccc(B(O)O)cc2)cc1)C(=N)N. The molecule has 0 aliphatic heterocycles. The van der Waals surface area contributed by atoms with Crippen LogP contribution >= 0.6 is 0 Å². The van der Waals surface area contributed by atoms with Gasteiger partial charge in [0.15, 0.2) is 5.84 Å². The maximum Gasteiger partial charge on any atom is 0.488 e. The van der Waals surface area contributed by atoms with Crippen LogP contribution in [0.15, 0.2) is 53.6 Å². The van der Waals surface area contributed by atoms with Crippen LogP contribution in [0, 0.1) is 16.7 Å². The Morgan fingerprint density at radius 1 is 1.12 bits per heavy atom. The van der Waals surface area contributed by atoms with E-state index in [-0.39, 0.29) is 5.71 Å². The van der Waals surface area contributed by atoms with Crippen molar-refractivity contribution in [2.75, 3.05) is 5.43 Å². The van der Waals surface area contributed by atoms with Crippen molar-refractivity contribution < 1.29 is 14.8 Å². The second-order valence-electron chi connectivity index (χ2n) is 4.67. The van der Waals surface area contributed by atoms with Gasteiger partial charge in [-0.05, 0) is 41.9 Å². The summed E-state index contributed by atoms with van der Waals surface area (Å²) in [6.45, 7) is 0. The number of rotatable bonds is 6. The molecule has 0 aliphatic carbocycles. The fourth-order valence-electron chi connectivity index (χ4n) is 1.71. The van der Waals surface area contributed by atoms with Gasteiger partial charge in [0.25, 0.3) is 0 Å². The molecule has 0 unspecified atom stereocenters. The van der Waals surface area contributed by atoms with Crippen molar-refractivity contribution in [3.63, 3.8) is 0 Å². The van der Waals surface area contributed by atoms with Crippen molar-refractivity contribution >= 4 is 29.8 Å². The highest BCUT2D eigenvalue weighted by Gasteiger charge is 2.10. The number of nitrogens with zero attached hydrogens (tertiary/aromatic N) is 2. The molecule has 0 bridgehead atoms. The minimum absolute atomic E-state index is 0.207. The zero-order valence-corrected chi connectivity index (χ0v) is 12.5. The lowest BCUT2D eigenvalue weighted by Crippen LogP contribution is -2.29. The van der Waals surface area contributed by atoms with Crippen LogP contribution in [0.3, 0.4) is 0 Å². The van der Waals surface area contributed by atoms with Gasteiger partial charge in [0, 0.05) is 0 Å². The number of nitrogens with one attached hydrogen (secondary N) is 2. The third kappa shape index (κ3) is 4.57. The van der Waals surface area contributed by atoms with Gasteiger partial charge in [-0.1, -0.05) is 12.1 Å². The molecule has 0 aromatic heterocycles. The second-order valence-corrected chi connectivity index (χ2v) is 4.67. The van der Waals surface area contributed by atoms with Crippen LogP contribution in [-0.2, 0) is 0 Å². The van der Waals surface area contributed by atoms with E-state index in [2.05, 4.69) is 10.5 Å². The van der Waals surface area contributed by atoms with Crippen molar-refractivity contribution in [1.82, 2.24) is 0 Å². The summed E-state index contributed by atoms with van der Waals surface area (Å²) in [6, 6.07) is 14.8. The number of hydrazone groups is 1. The molecule has 0 saturated carbocycles. The predicted molar refractivity (Wildman–Crippen MR) is 91.4 cm³/mol. The Balaban J connectivity index is 2.02. The minimum atomic E-state index is -1.52. The lowest BCUT2D eigenvalue weighted by molar-refractivity contribution is 0.425. The number of nitriles is 1. The lowest BCUT2D eigenvalue weighted by atomic mass is 9.80. The van der Waals surface area contributed by atoms with E-state index in [1.54, 1.807) is 54.6 Å². The quantitative estimate of drug-likeness (QED) is 0.225. The first-order valence-electron chi connectivity index (χ1n) is 6.82. The summed E-state index contributed by atoms with van der Waals surface area (Å²) in [4.78, 5) is 0. The maximum absolute atomic E-state index is 9.03. The summed E-state index contributed by atoms with van der Waals surface area (Å²) in [6.07, 6.45) is 0. The lowest BCUT2D eigenvalue weighted by Gasteiger charge is -2.07. The maximum atomic E-state index is 9.03. The van der Waals surface area contributed by atoms with Crippen molar-refractivity contribution in [2.24, 2.45) is 10.8 Å². The largest absolute Gasteiger partial charge is 0.488 e. The molecular weight excluding hydrogens is 309 g/mol. The number of ether oxygens (including phenoxy) is 1. The Hall–Kier alpha value is -3.35. The Morgan fingerprint density at radius 3 is 2.12 bits per heavy atom. The highest BCUT2D eigenvalue weighted by molar-refractivity contribution is 6.58. The molecule has 0 spiro atoms. The van der Waals surface area contributed by atoms with Gasteiger partial charge in [0.2, 0.25) is 5.71 Å². The van der Waals surface area contributed by atoms with Crippen LogP contribution in [0.1, 0.15) is 0 Å². The van der Waals surface area contributed by atoms with Crippen molar-refractivity contribution in [1.29, 1.82) is 10.7 Å². The number of hydrogen-bond donors (Lipinski definition) is 5. The van der Waals surface area contributed by atoms with E-state index in [4.69, 9.17) is 31.2 Å².